The molecular weight excluding hydrogens is 674 g/mol. The quantitative estimate of drug-likeness (QED) is 0.143. The molecule has 2 unspecified atom stereocenters. The number of halogens is 1. The predicted molar refractivity (Wildman–Crippen MR) is 194 cm³/mol. The van der Waals surface area contributed by atoms with Gasteiger partial charge in [-0.15, -0.1) is 12.4 Å². The summed E-state index contributed by atoms with van der Waals surface area (Å²) in [4.78, 5) is 66.5. The maximum absolute atomic E-state index is 14.0. The molecule has 0 aliphatic heterocycles. The van der Waals surface area contributed by atoms with Crippen molar-refractivity contribution in [1.82, 2.24) is 21.3 Å². The molecule has 0 saturated heterocycles. The van der Waals surface area contributed by atoms with Crippen LogP contribution in [0.4, 0.5) is 0 Å². The molecule has 4 fully saturated rings. The van der Waals surface area contributed by atoms with E-state index in [0.717, 1.165) is 49.7 Å². The average Bonchev–Trinajstić information content (AvgIpc) is 3.08. The van der Waals surface area contributed by atoms with Gasteiger partial charge in [-0.25, -0.2) is 0 Å². The molecule has 4 saturated carbocycles. The monoisotopic (exact) mass is 725 g/mol. The molecule has 278 valence electrons. The first kappa shape index (κ1) is 39.6. The van der Waals surface area contributed by atoms with Gasteiger partial charge in [0.05, 0.1) is 25.1 Å². The van der Waals surface area contributed by atoms with Crippen LogP contribution in [0.5, 0.6) is 5.75 Å². The van der Waals surface area contributed by atoms with E-state index >= 15 is 0 Å². The number of benzene rings is 2. The van der Waals surface area contributed by atoms with Crippen LogP contribution in [-0.4, -0.2) is 72.0 Å². The van der Waals surface area contributed by atoms with E-state index in [1.165, 1.54) is 19.2 Å². The first-order valence-electron chi connectivity index (χ1n) is 17.8. The molecule has 0 radical (unpaired) electrons. The fraction of sp³-hybridized carbons (Fsp3) is 0.553. The van der Waals surface area contributed by atoms with Crippen LogP contribution in [-0.2, 0) is 41.6 Å². The van der Waals surface area contributed by atoms with Crippen LogP contribution < -0.4 is 27.0 Å². The Hall–Kier alpha value is -4.16. The molecule has 51 heavy (non-hydrogen) atoms. The third-order valence-electron chi connectivity index (χ3n) is 10.6. The van der Waals surface area contributed by atoms with Crippen molar-refractivity contribution in [2.45, 2.75) is 101 Å². The molecule has 0 heterocycles. The van der Waals surface area contributed by atoms with Gasteiger partial charge in [0, 0.05) is 12.0 Å². The van der Waals surface area contributed by atoms with Gasteiger partial charge in [-0.1, -0.05) is 62.2 Å². The zero-order valence-corrected chi connectivity index (χ0v) is 30.3. The van der Waals surface area contributed by atoms with Crippen LogP contribution >= 0.6 is 12.4 Å². The minimum atomic E-state index is -0.923. The molecule has 4 aliphatic carbocycles. The van der Waals surface area contributed by atoms with Crippen molar-refractivity contribution < 1.29 is 33.8 Å². The van der Waals surface area contributed by atoms with Crippen molar-refractivity contribution in [2.75, 3.05) is 13.7 Å². The van der Waals surface area contributed by atoms with Gasteiger partial charge in [-0.2, -0.15) is 0 Å². The second-order valence-electron chi connectivity index (χ2n) is 14.7. The normalized spacial score (nSPS) is 24.6. The number of esters is 1. The van der Waals surface area contributed by atoms with E-state index in [1.807, 2.05) is 37.3 Å². The van der Waals surface area contributed by atoms with E-state index in [-0.39, 0.29) is 42.9 Å². The number of carbonyl (C=O) groups excluding carboxylic acids is 5. The van der Waals surface area contributed by atoms with Crippen molar-refractivity contribution in [3.8, 4) is 5.75 Å². The van der Waals surface area contributed by atoms with Crippen LogP contribution in [0.3, 0.4) is 0 Å². The Morgan fingerprint density at radius 2 is 1.51 bits per heavy atom. The summed E-state index contributed by atoms with van der Waals surface area (Å²) in [5, 5.41) is 21.0. The minimum absolute atomic E-state index is 0. The van der Waals surface area contributed by atoms with Gasteiger partial charge in [0.25, 0.3) is 0 Å². The fourth-order valence-electron chi connectivity index (χ4n) is 8.74. The third kappa shape index (κ3) is 10.0. The third-order valence-corrected chi connectivity index (χ3v) is 10.6. The molecule has 12 nitrogen and oxygen atoms in total. The lowest BCUT2D eigenvalue weighted by molar-refractivity contribution is -0.173. The molecule has 4 amide bonds. The summed E-state index contributed by atoms with van der Waals surface area (Å²) < 4.78 is 5.23. The number of hydrogen-bond donors (Lipinski definition) is 6. The van der Waals surface area contributed by atoms with Gasteiger partial charge in [0.1, 0.15) is 17.8 Å². The van der Waals surface area contributed by atoms with E-state index in [9.17, 15) is 29.1 Å². The molecule has 4 aliphatic rings. The Morgan fingerprint density at radius 3 is 2.14 bits per heavy atom. The SMILES string of the molecule is CCCC[C@@H](NC(=O)[C@@H](N)Cc1ccc(O)cc1)C(=O)NCC(=O)N[C@@H](Cc1ccccc1)C(=O)NC12CC3CC(C1)CC(C(=O)OC)(C3)C2.Cl. The van der Waals surface area contributed by atoms with Gasteiger partial charge in [-0.05, 0) is 86.5 Å². The number of aromatic hydroxyl groups is 1. The second-order valence-corrected chi connectivity index (χ2v) is 14.7. The molecule has 0 spiro atoms. The molecule has 6 rings (SSSR count). The van der Waals surface area contributed by atoms with Gasteiger partial charge in [0.15, 0.2) is 0 Å². The fourth-order valence-corrected chi connectivity index (χ4v) is 8.74. The number of methoxy groups -OCH3 is 1. The first-order chi connectivity index (χ1) is 23.9. The lowest BCUT2D eigenvalue weighted by Crippen LogP contribution is -2.67. The van der Waals surface area contributed by atoms with Crippen molar-refractivity contribution in [2.24, 2.45) is 23.0 Å². The highest BCUT2D eigenvalue weighted by molar-refractivity contribution is 5.93. The number of unbranched alkanes of at least 4 members (excludes halogenated alkanes) is 1. The smallest absolute Gasteiger partial charge is 0.311 e. The number of nitrogens with one attached hydrogen (secondary N) is 4. The highest BCUT2D eigenvalue weighted by Gasteiger charge is 2.61. The Bertz CT molecular complexity index is 1520. The maximum atomic E-state index is 14.0. The summed E-state index contributed by atoms with van der Waals surface area (Å²) in [7, 11) is 1.42. The maximum Gasteiger partial charge on any atom is 0.311 e. The molecule has 7 N–H and O–H groups in total. The summed E-state index contributed by atoms with van der Waals surface area (Å²) in [6.45, 7) is 1.58. The summed E-state index contributed by atoms with van der Waals surface area (Å²) in [6, 6.07) is 13.0. The number of phenolic OH excluding ortho intramolecular Hbond substituents is 1. The van der Waals surface area contributed by atoms with Crippen molar-refractivity contribution >= 4 is 42.0 Å². The van der Waals surface area contributed by atoms with Crippen LogP contribution in [0, 0.1) is 17.3 Å². The lowest BCUT2D eigenvalue weighted by atomic mass is 9.47. The van der Waals surface area contributed by atoms with Gasteiger partial charge in [-0.3, -0.25) is 24.0 Å². The summed E-state index contributed by atoms with van der Waals surface area (Å²) in [5.41, 5.74) is 6.63. The number of nitrogens with two attached hydrogens (primary N) is 1. The number of amides is 4. The van der Waals surface area contributed by atoms with Crippen molar-refractivity contribution in [1.29, 1.82) is 0 Å². The first-order valence-corrected chi connectivity index (χ1v) is 17.8. The molecule has 2 aromatic rings. The van der Waals surface area contributed by atoms with Gasteiger partial charge < -0.3 is 36.8 Å². The average molecular weight is 726 g/mol. The Labute approximate surface area is 305 Å². The molecular formula is C38H52ClN5O7. The summed E-state index contributed by atoms with van der Waals surface area (Å²) in [6.07, 6.45) is 6.98. The van der Waals surface area contributed by atoms with Crippen molar-refractivity contribution in [3.63, 3.8) is 0 Å². The summed E-state index contributed by atoms with van der Waals surface area (Å²) >= 11 is 0. The Kier molecular flexibility index (Phi) is 13.5. The minimum Gasteiger partial charge on any atom is -0.508 e. The number of hydrogen-bond acceptors (Lipinski definition) is 8. The largest absolute Gasteiger partial charge is 0.508 e. The van der Waals surface area contributed by atoms with Crippen LogP contribution in [0.1, 0.15) is 75.8 Å². The molecule has 4 bridgehead atoms. The van der Waals surface area contributed by atoms with E-state index in [0.29, 0.717) is 31.1 Å². The number of phenols is 1. The van der Waals surface area contributed by atoms with Gasteiger partial charge >= 0.3 is 5.97 Å². The topological polar surface area (TPSA) is 189 Å². The van der Waals surface area contributed by atoms with E-state index in [4.69, 9.17) is 10.5 Å². The zero-order chi connectivity index (χ0) is 35.9. The molecule has 2 aromatic carbocycles. The van der Waals surface area contributed by atoms with E-state index in [1.54, 1.807) is 12.1 Å². The number of rotatable bonds is 16. The highest BCUT2D eigenvalue weighted by atomic mass is 35.5. The standard InChI is InChI=1S/C38H51N5O7.ClH/c1-3-4-10-30(42-33(46)29(39)16-25-11-13-28(44)14-12-25)34(47)40-22-32(45)41-31(17-24-8-6-5-7-9-24)35(48)43-38-20-26-15-27(21-38)19-37(18-26,23-38)36(49)50-2;/h5-9,11-14,26-27,29-31,44H,3-4,10,15-23,39H2,1-2H3,(H,40,47)(H,41,45)(H,42,46)(H,43,48);1H/t26?,27?,29-,30+,31-,37?,38?;/m0./s1. The zero-order valence-electron chi connectivity index (χ0n) is 29.5. The molecule has 0 aromatic heterocycles. The summed E-state index contributed by atoms with van der Waals surface area (Å²) in [5.74, 6) is -1.34. The second kappa shape index (κ2) is 17.4. The van der Waals surface area contributed by atoms with E-state index < -0.39 is 53.3 Å². The van der Waals surface area contributed by atoms with Crippen LogP contribution in [0.25, 0.3) is 0 Å². The van der Waals surface area contributed by atoms with Gasteiger partial charge in [0.2, 0.25) is 23.6 Å². The lowest BCUT2D eigenvalue weighted by Gasteiger charge is -2.60. The Balaban J connectivity index is 0.00000583. The molecule has 5 atom stereocenters. The number of ether oxygens (including phenoxy) is 1. The highest BCUT2D eigenvalue weighted by Crippen LogP contribution is 2.62. The van der Waals surface area contributed by atoms with Crippen LogP contribution in [0.15, 0.2) is 54.6 Å². The van der Waals surface area contributed by atoms with Crippen LogP contribution in [0.2, 0.25) is 0 Å². The van der Waals surface area contributed by atoms with E-state index in [2.05, 4.69) is 21.3 Å². The number of carbonyl (C=O) groups is 5. The Morgan fingerprint density at radius 1 is 0.863 bits per heavy atom. The molecule has 13 heteroatoms. The van der Waals surface area contributed by atoms with Crippen molar-refractivity contribution in [3.05, 3.63) is 65.7 Å². The predicted octanol–water partition coefficient (Wildman–Crippen LogP) is 2.83.